The van der Waals surface area contributed by atoms with Crippen LogP contribution in [0.2, 0.25) is 0 Å². The second-order valence-corrected chi connectivity index (χ2v) is 5.58. The highest BCUT2D eigenvalue weighted by atomic mass is 79.9. The molecule has 1 heterocycles. The zero-order chi connectivity index (χ0) is 13.8. The van der Waals surface area contributed by atoms with Crippen LogP contribution in [0.5, 0.6) is 0 Å². The van der Waals surface area contributed by atoms with Gasteiger partial charge in [0.1, 0.15) is 17.6 Å². The lowest BCUT2D eigenvalue weighted by atomic mass is 10.1. The van der Waals surface area contributed by atoms with E-state index < -0.39 is 0 Å². The smallest absolute Gasteiger partial charge is 0.134 e. The molecule has 1 aromatic carbocycles. The van der Waals surface area contributed by atoms with Crippen LogP contribution in [0.25, 0.3) is 0 Å². The predicted molar refractivity (Wildman–Crippen MR) is 78.8 cm³/mol. The Labute approximate surface area is 121 Å². The van der Waals surface area contributed by atoms with Crippen molar-refractivity contribution >= 4 is 15.9 Å². The Balaban J connectivity index is 2.06. The van der Waals surface area contributed by atoms with Gasteiger partial charge in [0.25, 0.3) is 0 Å². The average Bonchev–Trinajstić information content (AvgIpc) is 2.76. The molecule has 3 nitrogen and oxygen atoms in total. The summed E-state index contributed by atoms with van der Waals surface area (Å²) >= 11 is 3.45. The van der Waals surface area contributed by atoms with Gasteiger partial charge in [-0.2, -0.15) is 0 Å². The molecule has 0 aliphatic rings. The Bertz CT molecular complexity index is 536. The van der Waals surface area contributed by atoms with Crippen LogP contribution in [0.15, 0.2) is 45.3 Å². The number of hydrogen-bond donors (Lipinski definition) is 1. The lowest BCUT2D eigenvalue weighted by Gasteiger charge is -2.19. The monoisotopic (exact) mass is 323 g/mol. The average molecular weight is 324 g/mol. The minimum Gasteiger partial charge on any atom is -0.464 e. The van der Waals surface area contributed by atoms with E-state index in [0.29, 0.717) is 6.61 Å². The van der Waals surface area contributed by atoms with Gasteiger partial charge < -0.3 is 14.9 Å². The second kappa shape index (κ2) is 6.37. The standard InChI is InChI=1S/C15H18BrNO2/c1-10-6-7-14(19-10)15(11(2)17)18-9-12-4-3-5-13(16)8-12/h3-8,11,15H,9,17H2,1-2H3. The summed E-state index contributed by atoms with van der Waals surface area (Å²) < 4.78 is 12.6. The van der Waals surface area contributed by atoms with Crippen LogP contribution in [-0.4, -0.2) is 6.04 Å². The Morgan fingerprint density at radius 2 is 2.11 bits per heavy atom. The van der Waals surface area contributed by atoms with Crippen molar-refractivity contribution in [1.29, 1.82) is 0 Å². The molecule has 19 heavy (non-hydrogen) atoms. The molecule has 102 valence electrons. The predicted octanol–water partition coefficient (Wildman–Crippen LogP) is 3.96. The van der Waals surface area contributed by atoms with Gasteiger partial charge in [0, 0.05) is 10.5 Å². The van der Waals surface area contributed by atoms with Crippen LogP contribution < -0.4 is 5.73 Å². The van der Waals surface area contributed by atoms with Gasteiger partial charge in [0.15, 0.2) is 0 Å². The van der Waals surface area contributed by atoms with E-state index in [1.165, 1.54) is 0 Å². The molecule has 0 amide bonds. The highest BCUT2D eigenvalue weighted by Crippen LogP contribution is 2.24. The summed E-state index contributed by atoms with van der Waals surface area (Å²) in [6.07, 6.45) is -0.229. The third kappa shape index (κ3) is 3.93. The molecule has 2 N–H and O–H groups in total. The molecule has 4 heteroatoms. The largest absolute Gasteiger partial charge is 0.464 e. The Morgan fingerprint density at radius 1 is 1.32 bits per heavy atom. The molecule has 1 aromatic heterocycles. The van der Waals surface area contributed by atoms with Gasteiger partial charge in [-0.1, -0.05) is 28.1 Å². The minimum absolute atomic E-state index is 0.127. The first-order valence-corrected chi connectivity index (χ1v) is 7.03. The molecule has 2 aromatic rings. The van der Waals surface area contributed by atoms with E-state index in [2.05, 4.69) is 15.9 Å². The fraction of sp³-hybridized carbons (Fsp3) is 0.333. The van der Waals surface area contributed by atoms with Crippen molar-refractivity contribution in [3.05, 3.63) is 58.0 Å². The molecular weight excluding hydrogens is 306 g/mol. The summed E-state index contributed by atoms with van der Waals surface area (Å²) in [4.78, 5) is 0. The van der Waals surface area contributed by atoms with Gasteiger partial charge in [0.2, 0.25) is 0 Å². The third-order valence-electron chi connectivity index (χ3n) is 2.84. The first kappa shape index (κ1) is 14.3. The van der Waals surface area contributed by atoms with Gasteiger partial charge >= 0.3 is 0 Å². The van der Waals surface area contributed by atoms with Crippen molar-refractivity contribution in [3.8, 4) is 0 Å². The maximum absolute atomic E-state index is 5.98. The van der Waals surface area contributed by atoms with Gasteiger partial charge in [0.05, 0.1) is 6.61 Å². The molecule has 2 atom stereocenters. The Hall–Kier alpha value is -1.10. The summed E-state index contributed by atoms with van der Waals surface area (Å²) in [7, 11) is 0. The topological polar surface area (TPSA) is 48.4 Å². The zero-order valence-electron chi connectivity index (χ0n) is 11.1. The summed E-state index contributed by atoms with van der Waals surface area (Å²) in [6, 6.07) is 11.8. The highest BCUT2D eigenvalue weighted by Gasteiger charge is 2.20. The van der Waals surface area contributed by atoms with Crippen LogP contribution >= 0.6 is 15.9 Å². The van der Waals surface area contributed by atoms with E-state index in [0.717, 1.165) is 21.6 Å². The van der Waals surface area contributed by atoms with Crippen molar-refractivity contribution in [3.63, 3.8) is 0 Å². The lowest BCUT2D eigenvalue weighted by molar-refractivity contribution is 0.0115. The molecule has 2 unspecified atom stereocenters. The molecular formula is C15H18BrNO2. The highest BCUT2D eigenvalue weighted by molar-refractivity contribution is 9.10. The minimum atomic E-state index is -0.229. The van der Waals surface area contributed by atoms with Gasteiger partial charge in [-0.15, -0.1) is 0 Å². The number of hydrogen-bond acceptors (Lipinski definition) is 3. The first-order valence-electron chi connectivity index (χ1n) is 6.24. The third-order valence-corrected chi connectivity index (χ3v) is 3.33. The van der Waals surface area contributed by atoms with E-state index in [-0.39, 0.29) is 12.1 Å². The molecule has 0 saturated carbocycles. The number of benzene rings is 1. The van der Waals surface area contributed by atoms with E-state index in [1.54, 1.807) is 0 Å². The van der Waals surface area contributed by atoms with Crippen LogP contribution in [0.1, 0.15) is 30.1 Å². The molecule has 0 fully saturated rings. The van der Waals surface area contributed by atoms with Gasteiger partial charge in [-0.25, -0.2) is 0 Å². The Morgan fingerprint density at radius 3 is 2.68 bits per heavy atom. The fourth-order valence-electron chi connectivity index (χ4n) is 1.91. The van der Waals surface area contributed by atoms with Gasteiger partial charge in [-0.3, -0.25) is 0 Å². The van der Waals surface area contributed by atoms with Crippen molar-refractivity contribution in [2.45, 2.75) is 32.6 Å². The van der Waals surface area contributed by atoms with Crippen LogP contribution in [-0.2, 0) is 11.3 Å². The molecule has 0 saturated heterocycles. The number of nitrogens with two attached hydrogens (primary N) is 1. The molecule has 0 spiro atoms. The summed E-state index contributed by atoms with van der Waals surface area (Å²) in [5.74, 6) is 1.65. The summed E-state index contributed by atoms with van der Waals surface area (Å²) in [5, 5.41) is 0. The van der Waals surface area contributed by atoms with Crippen molar-refractivity contribution in [2.24, 2.45) is 5.73 Å². The number of furan rings is 1. The maximum Gasteiger partial charge on any atom is 0.134 e. The molecule has 0 aliphatic heterocycles. The first-order chi connectivity index (χ1) is 9.06. The number of halogens is 1. The molecule has 0 bridgehead atoms. The lowest BCUT2D eigenvalue weighted by Crippen LogP contribution is -2.26. The maximum atomic E-state index is 5.98. The fourth-order valence-corrected chi connectivity index (χ4v) is 2.36. The summed E-state index contributed by atoms with van der Waals surface area (Å²) in [6.45, 7) is 4.34. The van der Waals surface area contributed by atoms with Crippen LogP contribution in [0.4, 0.5) is 0 Å². The SMILES string of the molecule is Cc1ccc(C(OCc2cccc(Br)c2)C(C)N)o1. The summed E-state index contributed by atoms with van der Waals surface area (Å²) in [5.41, 5.74) is 7.08. The second-order valence-electron chi connectivity index (χ2n) is 4.67. The van der Waals surface area contributed by atoms with Crippen molar-refractivity contribution < 1.29 is 9.15 Å². The van der Waals surface area contributed by atoms with Crippen LogP contribution in [0, 0.1) is 6.92 Å². The molecule has 2 rings (SSSR count). The van der Waals surface area contributed by atoms with E-state index >= 15 is 0 Å². The van der Waals surface area contributed by atoms with E-state index in [4.69, 9.17) is 14.9 Å². The molecule has 0 aliphatic carbocycles. The van der Waals surface area contributed by atoms with E-state index in [1.807, 2.05) is 50.2 Å². The van der Waals surface area contributed by atoms with Crippen LogP contribution in [0.3, 0.4) is 0 Å². The Kier molecular flexibility index (Phi) is 4.80. The normalized spacial score (nSPS) is 14.3. The quantitative estimate of drug-likeness (QED) is 0.906. The van der Waals surface area contributed by atoms with E-state index in [9.17, 15) is 0 Å². The van der Waals surface area contributed by atoms with Crippen molar-refractivity contribution in [2.75, 3.05) is 0 Å². The number of ether oxygens (including phenoxy) is 1. The van der Waals surface area contributed by atoms with Crippen molar-refractivity contribution in [1.82, 2.24) is 0 Å². The number of aryl methyl sites for hydroxylation is 1. The van der Waals surface area contributed by atoms with Gasteiger partial charge in [-0.05, 0) is 43.7 Å². The number of rotatable bonds is 5. The molecule has 0 radical (unpaired) electrons. The zero-order valence-corrected chi connectivity index (χ0v) is 12.7.